The van der Waals surface area contributed by atoms with Gasteiger partial charge in [-0.2, -0.15) is 10.4 Å². The van der Waals surface area contributed by atoms with Crippen molar-refractivity contribution in [2.45, 2.75) is 6.42 Å². The van der Waals surface area contributed by atoms with Gasteiger partial charge in [0.2, 0.25) is 0 Å². The predicted molar refractivity (Wildman–Crippen MR) is 66.1 cm³/mol. The summed E-state index contributed by atoms with van der Waals surface area (Å²) >= 11 is 3.08. The van der Waals surface area contributed by atoms with Gasteiger partial charge < -0.3 is 10.5 Å². The van der Waals surface area contributed by atoms with Gasteiger partial charge >= 0.3 is 0 Å². The van der Waals surface area contributed by atoms with Gasteiger partial charge in [0.1, 0.15) is 0 Å². The summed E-state index contributed by atoms with van der Waals surface area (Å²) < 4.78 is 0.423. The number of rotatable bonds is 5. The Morgan fingerprint density at radius 1 is 1.61 bits per heavy atom. The average molecular weight is 312 g/mol. The van der Waals surface area contributed by atoms with Crippen LogP contribution >= 0.6 is 15.9 Å². The van der Waals surface area contributed by atoms with E-state index in [4.69, 9.17) is 5.26 Å². The molecule has 0 bridgehead atoms. The van der Waals surface area contributed by atoms with Crippen LogP contribution < -0.4 is 10.5 Å². The maximum absolute atomic E-state index is 11.6. The molecule has 0 atom stereocenters. The molecule has 0 aliphatic heterocycles. The van der Waals surface area contributed by atoms with Crippen LogP contribution in [0.2, 0.25) is 0 Å². The fraction of sp³-hybridized carbons (Fsp3) is 0.200. The summed E-state index contributed by atoms with van der Waals surface area (Å²) in [5, 5.41) is 34.3. The second-order valence-electron chi connectivity index (χ2n) is 3.17. The van der Waals surface area contributed by atoms with Gasteiger partial charge in [-0.1, -0.05) is 15.9 Å². The minimum atomic E-state index is -0.743. The lowest BCUT2D eigenvalue weighted by Gasteiger charge is -2.10. The van der Waals surface area contributed by atoms with Crippen molar-refractivity contribution in [2.24, 2.45) is 5.10 Å². The van der Waals surface area contributed by atoms with E-state index < -0.39 is 16.4 Å². The molecular weight excluding hydrogens is 304 g/mol. The Labute approximate surface area is 111 Å². The van der Waals surface area contributed by atoms with Crippen molar-refractivity contribution in [3.8, 4) is 11.8 Å². The molecule has 1 aromatic rings. The van der Waals surface area contributed by atoms with Crippen LogP contribution in [0.15, 0.2) is 21.7 Å². The first-order valence-electron chi connectivity index (χ1n) is 4.84. The number of nitriles is 1. The normalized spacial score (nSPS) is 10.2. The topological polar surface area (TPSA) is 114 Å². The third-order valence-electron chi connectivity index (χ3n) is 1.90. The van der Waals surface area contributed by atoms with Gasteiger partial charge in [0.25, 0.3) is 5.69 Å². The van der Waals surface area contributed by atoms with Gasteiger partial charge in [-0.25, -0.2) is 0 Å². The highest BCUT2D eigenvalue weighted by molar-refractivity contribution is 9.10. The Morgan fingerprint density at radius 3 is 2.94 bits per heavy atom. The maximum atomic E-state index is 11.6. The van der Waals surface area contributed by atoms with Crippen LogP contribution in [0.4, 0.5) is 5.69 Å². The molecule has 7 nitrogen and oxygen atoms in total. The van der Waals surface area contributed by atoms with Gasteiger partial charge in [0.15, 0.2) is 0 Å². The summed E-state index contributed by atoms with van der Waals surface area (Å²) in [6.45, 7) is 0.345. The molecule has 0 saturated carbocycles. The van der Waals surface area contributed by atoms with Gasteiger partial charge in [-0.05, 0) is 17.4 Å². The first kappa shape index (κ1) is 13.9. The molecule has 0 aliphatic rings. The first-order chi connectivity index (χ1) is 8.56. The zero-order valence-corrected chi connectivity index (χ0v) is 10.7. The number of hydrogen-bond acceptors (Lipinski definition) is 6. The molecule has 94 valence electrons. The Bertz CT molecular complexity index is 525. The van der Waals surface area contributed by atoms with Crippen molar-refractivity contribution >= 4 is 27.8 Å². The summed E-state index contributed by atoms with van der Waals surface area (Å²) in [7, 11) is 0. The molecule has 0 aliphatic carbocycles. The number of benzene rings is 1. The lowest BCUT2D eigenvalue weighted by atomic mass is 10.2. The lowest BCUT2D eigenvalue weighted by molar-refractivity contribution is -0.398. The molecule has 0 aromatic heterocycles. The molecule has 0 heterocycles. The Balaban J connectivity index is 2.89. The molecule has 8 heteroatoms. The van der Waals surface area contributed by atoms with Crippen molar-refractivity contribution in [3.05, 3.63) is 32.3 Å². The van der Waals surface area contributed by atoms with Crippen LogP contribution in [0.25, 0.3) is 0 Å². The van der Waals surface area contributed by atoms with E-state index in [1.165, 1.54) is 12.3 Å². The highest BCUT2D eigenvalue weighted by Gasteiger charge is 2.10. The molecule has 0 amide bonds. The van der Waals surface area contributed by atoms with Crippen molar-refractivity contribution in [1.82, 2.24) is 5.43 Å². The monoisotopic (exact) mass is 311 g/mol. The summed E-state index contributed by atoms with van der Waals surface area (Å²) in [6.07, 6.45) is 1.47. The van der Waals surface area contributed by atoms with Gasteiger partial charge in [0, 0.05) is 17.1 Å². The molecule has 1 N–H and O–H groups in total. The van der Waals surface area contributed by atoms with E-state index in [-0.39, 0.29) is 12.0 Å². The molecule has 0 radical (unpaired) electrons. The molecule has 1 aromatic carbocycles. The highest BCUT2D eigenvalue weighted by Crippen LogP contribution is 2.30. The number of hydrogen-bond donors (Lipinski definition) is 1. The van der Waals surface area contributed by atoms with E-state index in [9.17, 15) is 15.2 Å². The number of nitro groups is 1. The lowest BCUT2D eigenvalue weighted by Crippen LogP contribution is -2.08. The number of nitrogens with one attached hydrogen (secondary N) is 1. The minimum absolute atomic E-state index is 0.0977. The SMILES string of the molecule is N#CCCN/N=C\c1cc(Br)cc([N+](=O)[O-])c1[O-]. The highest BCUT2D eigenvalue weighted by atomic mass is 79.9. The molecule has 0 saturated heterocycles. The zero-order chi connectivity index (χ0) is 13.5. The predicted octanol–water partition coefficient (Wildman–Crippen LogP) is 1.27. The van der Waals surface area contributed by atoms with E-state index in [1.807, 2.05) is 6.07 Å². The quantitative estimate of drug-likeness (QED) is 0.380. The molecule has 1 rings (SSSR count). The van der Waals surface area contributed by atoms with E-state index in [2.05, 4.69) is 26.5 Å². The Hall–Kier alpha value is -2.14. The van der Waals surface area contributed by atoms with Crippen LogP contribution in [0.3, 0.4) is 0 Å². The summed E-state index contributed by atoms with van der Waals surface area (Å²) in [6, 6.07) is 4.49. The molecule has 18 heavy (non-hydrogen) atoms. The van der Waals surface area contributed by atoms with Gasteiger partial charge in [-0.3, -0.25) is 10.1 Å². The van der Waals surface area contributed by atoms with Gasteiger partial charge in [0.05, 0.1) is 23.6 Å². The van der Waals surface area contributed by atoms with Crippen LogP contribution in [0.1, 0.15) is 12.0 Å². The van der Waals surface area contributed by atoms with E-state index in [0.717, 1.165) is 6.07 Å². The van der Waals surface area contributed by atoms with Crippen molar-refractivity contribution in [3.63, 3.8) is 0 Å². The Morgan fingerprint density at radius 2 is 2.33 bits per heavy atom. The van der Waals surface area contributed by atoms with Crippen molar-refractivity contribution in [1.29, 1.82) is 5.26 Å². The molecule has 0 spiro atoms. The van der Waals surface area contributed by atoms with Crippen LogP contribution in [-0.2, 0) is 0 Å². The summed E-state index contributed by atoms with van der Waals surface area (Å²) in [5.41, 5.74) is 2.14. The van der Waals surface area contributed by atoms with Gasteiger partial charge in [-0.15, -0.1) is 0 Å². The second-order valence-corrected chi connectivity index (χ2v) is 4.09. The fourth-order valence-corrected chi connectivity index (χ4v) is 1.59. The minimum Gasteiger partial charge on any atom is -0.867 e. The molecular formula is C10H8BrN4O3-. The largest absolute Gasteiger partial charge is 0.867 e. The number of nitrogens with zero attached hydrogens (tertiary/aromatic N) is 3. The Kier molecular flexibility index (Phi) is 5.07. The third-order valence-corrected chi connectivity index (χ3v) is 2.36. The smallest absolute Gasteiger partial charge is 0.263 e. The standard InChI is InChI=1S/C10H9BrN4O3/c11-8-4-7(6-14-13-3-1-2-12)10(16)9(5-8)15(17)18/h4-6,13,16H,1,3H2/p-1/b14-6-. The fourth-order valence-electron chi connectivity index (χ4n) is 1.12. The van der Waals surface area contributed by atoms with Crippen molar-refractivity contribution < 1.29 is 10.0 Å². The van der Waals surface area contributed by atoms with Crippen LogP contribution in [-0.4, -0.2) is 17.7 Å². The van der Waals surface area contributed by atoms with E-state index in [0.29, 0.717) is 11.0 Å². The number of halogens is 1. The molecule has 0 fully saturated rings. The zero-order valence-electron chi connectivity index (χ0n) is 9.09. The van der Waals surface area contributed by atoms with E-state index >= 15 is 0 Å². The third kappa shape index (κ3) is 3.71. The summed E-state index contributed by atoms with van der Waals surface area (Å²) in [5.74, 6) is -0.700. The number of hydrazone groups is 1. The second kappa shape index (κ2) is 6.56. The number of nitro benzene ring substituents is 1. The van der Waals surface area contributed by atoms with E-state index in [1.54, 1.807) is 0 Å². The average Bonchev–Trinajstić information content (AvgIpc) is 2.32. The molecule has 0 unspecified atom stereocenters. The van der Waals surface area contributed by atoms with Crippen molar-refractivity contribution in [2.75, 3.05) is 6.54 Å². The first-order valence-corrected chi connectivity index (χ1v) is 5.63. The van der Waals surface area contributed by atoms with Crippen LogP contribution in [0.5, 0.6) is 5.75 Å². The summed E-state index contributed by atoms with van der Waals surface area (Å²) in [4.78, 5) is 9.89. The maximum Gasteiger partial charge on any atom is 0.263 e. The van der Waals surface area contributed by atoms with Crippen LogP contribution in [0, 0.1) is 21.4 Å².